The molecule has 0 N–H and O–H groups in total. The van der Waals surface area contributed by atoms with Crippen molar-refractivity contribution < 1.29 is 0 Å². The van der Waals surface area contributed by atoms with Gasteiger partial charge in [0, 0.05) is 0 Å². The van der Waals surface area contributed by atoms with E-state index < -0.39 is 0 Å². The van der Waals surface area contributed by atoms with Crippen LogP contribution in [0.4, 0.5) is 0 Å². The summed E-state index contributed by atoms with van der Waals surface area (Å²) in [6, 6.07) is 20.2. The highest BCUT2D eigenvalue weighted by molar-refractivity contribution is 6.17. The lowest BCUT2D eigenvalue weighted by Crippen LogP contribution is -1.89. The Morgan fingerprint density at radius 3 is 2.48 bits per heavy atom. The van der Waals surface area contributed by atoms with Crippen molar-refractivity contribution in [1.29, 1.82) is 0 Å². The molecule has 0 atom stereocenters. The lowest BCUT2D eigenvalue weighted by Gasteiger charge is -2.14. The Balaban J connectivity index is 2.15. The summed E-state index contributed by atoms with van der Waals surface area (Å²) >= 11 is 0. The van der Waals surface area contributed by atoms with E-state index in [4.69, 9.17) is 0 Å². The molecule has 0 saturated carbocycles. The molecule has 0 saturated heterocycles. The highest BCUT2D eigenvalue weighted by atomic mass is 14.2. The Labute approximate surface area is 124 Å². The largest absolute Gasteiger partial charge is 0.0616 e. The maximum absolute atomic E-state index is 2.33. The molecule has 100 valence electrons. The van der Waals surface area contributed by atoms with Crippen LogP contribution < -0.4 is 0 Å². The SMILES string of the molecule is Cc1c2cccc3c2c(c2ccc4ccccc4c12)CC3. The predicted octanol–water partition coefficient (Wildman–Crippen LogP) is 5.55. The van der Waals surface area contributed by atoms with Crippen LogP contribution in [0.5, 0.6) is 0 Å². The molecule has 1 aliphatic carbocycles. The Hall–Kier alpha value is -2.34. The van der Waals surface area contributed by atoms with Crippen LogP contribution in [0.1, 0.15) is 16.7 Å². The van der Waals surface area contributed by atoms with E-state index in [2.05, 4.69) is 61.5 Å². The lowest BCUT2D eigenvalue weighted by atomic mass is 9.90. The standard InChI is InChI=1S/C21H16/c1-13-16-8-4-6-15-10-12-19(21(15)16)18-11-9-14-5-2-3-7-17(14)20(13)18/h2-9,11H,10,12H2,1H3. The normalized spacial score (nSPS) is 13.6. The molecule has 0 aliphatic heterocycles. The van der Waals surface area contributed by atoms with E-state index in [1.807, 2.05) is 0 Å². The van der Waals surface area contributed by atoms with Crippen molar-refractivity contribution in [2.75, 3.05) is 0 Å². The third kappa shape index (κ3) is 1.35. The number of benzene rings is 4. The third-order valence-electron chi connectivity index (χ3n) is 5.13. The third-order valence-corrected chi connectivity index (χ3v) is 5.13. The number of fused-ring (bicyclic) bond motifs is 4. The average molecular weight is 268 g/mol. The molecular formula is C21H16. The summed E-state index contributed by atoms with van der Waals surface area (Å²) < 4.78 is 0. The fourth-order valence-corrected chi connectivity index (χ4v) is 4.19. The van der Waals surface area contributed by atoms with Crippen molar-refractivity contribution in [3.8, 4) is 0 Å². The van der Waals surface area contributed by atoms with Gasteiger partial charge in [0.1, 0.15) is 0 Å². The van der Waals surface area contributed by atoms with Crippen LogP contribution >= 0.6 is 0 Å². The zero-order valence-corrected chi connectivity index (χ0v) is 12.1. The Bertz CT molecular complexity index is 1040. The molecule has 0 unspecified atom stereocenters. The van der Waals surface area contributed by atoms with Crippen LogP contribution in [0.15, 0.2) is 54.6 Å². The first-order chi connectivity index (χ1) is 10.3. The van der Waals surface area contributed by atoms with Gasteiger partial charge in [-0.1, -0.05) is 54.6 Å². The topological polar surface area (TPSA) is 0 Å². The molecule has 5 rings (SSSR count). The second-order valence-electron chi connectivity index (χ2n) is 6.15. The Morgan fingerprint density at radius 2 is 1.52 bits per heavy atom. The van der Waals surface area contributed by atoms with Gasteiger partial charge in [0.2, 0.25) is 0 Å². The Morgan fingerprint density at radius 1 is 0.667 bits per heavy atom. The van der Waals surface area contributed by atoms with Crippen molar-refractivity contribution in [3.63, 3.8) is 0 Å². The van der Waals surface area contributed by atoms with E-state index in [1.165, 1.54) is 56.3 Å². The molecule has 0 amide bonds. The van der Waals surface area contributed by atoms with Gasteiger partial charge in [0.15, 0.2) is 0 Å². The van der Waals surface area contributed by atoms with E-state index in [1.54, 1.807) is 5.56 Å². The van der Waals surface area contributed by atoms with Crippen LogP contribution in [-0.2, 0) is 12.8 Å². The van der Waals surface area contributed by atoms with Crippen molar-refractivity contribution in [2.45, 2.75) is 19.8 Å². The molecule has 0 aromatic heterocycles. The molecular weight excluding hydrogens is 252 g/mol. The Kier molecular flexibility index (Phi) is 2.08. The molecule has 0 nitrogen and oxygen atoms in total. The minimum atomic E-state index is 1.19. The summed E-state index contributed by atoms with van der Waals surface area (Å²) in [5.74, 6) is 0. The molecule has 0 heterocycles. The van der Waals surface area contributed by atoms with E-state index in [0.29, 0.717) is 0 Å². The number of hydrogen-bond donors (Lipinski definition) is 0. The molecule has 1 aliphatic rings. The maximum Gasteiger partial charge on any atom is -0.00669 e. The van der Waals surface area contributed by atoms with Crippen LogP contribution in [0, 0.1) is 6.92 Å². The molecule has 4 aromatic rings. The van der Waals surface area contributed by atoms with Gasteiger partial charge in [-0.3, -0.25) is 0 Å². The van der Waals surface area contributed by atoms with Gasteiger partial charge in [0.25, 0.3) is 0 Å². The van der Waals surface area contributed by atoms with Crippen LogP contribution in [0.3, 0.4) is 0 Å². The summed E-state index contributed by atoms with van der Waals surface area (Å²) in [5, 5.41) is 8.62. The smallest absolute Gasteiger partial charge is 0.00669 e. The van der Waals surface area contributed by atoms with Gasteiger partial charge in [-0.2, -0.15) is 0 Å². The first-order valence-corrected chi connectivity index (χ1v) is 7.69. The first kappa shape index (κ1) is 11.3. The minimum absolute atomic E-state index is 1.19. The van der Waals surface area contributed by atoms with E-state index in [9.17, 15) is 0 Å². The minimum Gasteiger partial charge on any atom is -0.0616 e. The quantitative estimate of drug-likeness (QED) is 0.289. The summed E-state index contributed by atoms with van der Waals surface area (Å²) in [6.07, 6.45) is 2.38. The highest BCUT2D eigenvalue weighted by Crippen LogP contribution is 2.41. The van der Waals surface area contributed by atoms with E-state index >= 15 is 0 Å². The fraction of sp³-hybridized carbons (Fsp3) is 0.143. The van der Waals surface area contributed by atoms with Crippen LogP contribution in [0.2, 0.25) is 0 Å². The highest BCUT2D eigenvalue weighted by Gasteiger charge is 2.19. The molecule has 0 bridgehead atoms. The summed E-state index contributed by atoms with van der Waals surface area (Å²) in [6.45, 7) is 2.29. The van der Waals surface area contributed by atoms with Crippen LogP contribution in [0.25, 0.3) is 32.3 Å². The van der Waals surface area contributed by atoms with Gasteiger partial charge in [-0.25, -0.2) is 0 Å². The summed E-state index contributed by atoms with van der Waals surface area (Å²) in [7, 11) is 0. The van der Waals surface area contributed by atoms with Gasteiger partial charge in [0.05, 0.1) is 0 Å². The zero-order valence-electron chi connectivity index (χ0n) is 12.1. The van der Waals surface area contributed by atoms with E-state index in [-0.39, 0.29) is 0 Å². The molecule has 21 heavy (non-hydrogen) atoms. The molecule has 4 aromatic carbocycles. The number of rotatable bonds is 0. The number of aryl methyl sites for hydroxylation is 3. The molecule has 0 heteroatoms. The monoisotopic (exact) mass is 268 g/mol. The second-order valence-corrected chi connectivity index (χ2v) is 6.15. The maximum atomic E-state index is 2.33. The van der Waals surface area contributed by atoms with E-state index in [0.717, 1.165) is 0 Å². The van der Waals surface area contributed by atoms with Crippen molar-refractivity contribution in [2.24, 2.45) is 0 Å². The molecule has 0 spiro atoms. The lowest BCUT2D eigenvalue weighted by molar-refractivity contribution is 1.03. The van der Waals surface area contributed by atoms with Crippen molar-refractivity contribution in [1.82, 2.24) is 0 Å². The molecule has 0 fully saturated rings. The fourth-order valence-electron chi connectivity index (χ4n) is 4.19. The molecule has 0 radical (unpaired) electrons. The number of hydrogen-bond acceptors (Lipinski definition) is 0. The van der Waals surface area contributed by atoms with Crippen LogP contribution in [-0.4, -0.2) is 0 Å². The van der Waals surface area contributed by atoms with Gasteiger partial charge in [-0.05, 0) is 68.8 Å². The van der Waals surface area contributed by atoms with Crippen molar-refractivity contribution >= 4 is 32.3 Å². The summed E-state index contributed by atoms with van der Waals surface area (Å²) in [4.78, 5) is 0. The average Bonchev–Trinajstić information content (AvgIpc) is 2.97. The predicted molar refractivity (Wildman–Crippen MR) is 91.1 cm³/mol. The van der Waals surface area contributed by atoms with Gasteiger partial charge < -0.3 is 0 Å². The van der Waals surface area contributed by atoms with Crippen molar-refractivity contribution in [3.05, 3.63) is 71.3 Å². The summed E-state index contributed by atoms with van der Waals surface area (Å²) in [5.41, 5.74) is 4.52. The van der Waals surface area contributed by atoms with Gasteiger partial charge in [-0.15, -0.1) is 0 Å². The zero-order chi connectivity index (χ0) is 14.0. The second kappa shape index (κ2) is 3.85. The first-order valence-electron chi connectivity index (χ1n) is 7.69. The van der Waals surface area contributed by atoms with Gasteiger partial charge >= 0.3 is 0 Å².